The second-order valence-corrected chi connectivity index (χ2v) is 7.20. The van der Waals surface area contributed by atoms with Crippen LogP contribution in [-0.4, -0.2) is 40.2 Å². The predicted octanol–water partition coefficient (Wildman–Crippen LogP) is 2.60. The fraction of sp³-hybridized carbons (Fsp3) is 0.167. The maximum absolute atomic E-state index is 12.0. The van der Waals surface area contributed by atoms with Gasteiger partial charge in [0, 0.05) is 29.2 Å². The highest BCUT2D eigenvalue weighted by Crippen LogP contribution is 2.20. The van der Waals surface area contributed by atoms with Crippen molar-refractivity contribution in [2.75, 3.05) is 6.54 Å². The van der Waals surface area contributed by atoms with Crippen LogP contribution in [-0.2, 0) is 16.0 Å². The number of aryl methyl sites for hydroxylation is 1. The number of benzene rings is 2. The summed E-state index contributed by atoms with van der Waals surface area (Å²) in [4.78, 5) is 34.9. The largest absolute Gasteiger partial charge is 0.478 e. The van der Waals surface area contributed by atoms with Crippen LogP contribution in [0.3, 0.4) is 0 Å². The third-order valence-corrected chi connectivity index (χ3v) is 4.96. The summed E-state index contributed by atoms with van der Waals surface area (Å²) in [7, 11) is 0. The van der Waals surface area contributed by atoms with Crippen LogP contribution in [0.25, 0.3) is 5.69 Å². The molecule has 0 fully saturated rings. The summed E-state index contributed by atoms with van der Waals surface area (Å²) in [5.41, 5.74) is 6.86. The second-order valence-electron chi connectivity index (χ2n) is 7.20. The van der Waals surface area contributed by atoms with E-state index in [1.807, 2.05) is 54.8 Å². The molecule has 1 heterocycles. The van der Waals surface area contributed by atoms with E-state index < -0.39 is 17.8 Å². The summed E-state index contributed by atoms with van der Waals surface area (Å²) in [6.45, 7) is 4.15. The zero-order valence-corrected chi connectivity index (χ0v) is 17.8. The molecular formula is C24H24N4O4. The first-order valence-corrected chi connectivity index (χ1v) is 10.0. The third kappa shape index (κ3) is 5.48. The van der Waals surface area contributed by atoms with Gasteiger partial charge in [0.05, 0.1) is 11.8 Å². The number of hydrogen-bond donors (Lipinski definition) is 3. The lowest BCUT2D eigenvalue weighted by Gasteiger charge is -2.09. The van der Waals surface area contributed by atoms with Crippen LogP contribution < -0.4 is 10.7 Å². The zero-order chi connectivity index (χ0) is 23.1. The van der Waals surface area contributed by atoms with Gasteiger partial charge in [-0.1, -0.05) is 30.3 Å². The Morgan fingerprint density at radius 3 is 2.34 bits per heavy atom. The number of aromatic carboxylic acids is 1. The molecule has 2 aromatic carbocycles. The molecule has 32 heavy (non-hydrogen) atoms. The molecule has 2 amide bonds. The highest BCUT2D eigenvalue weighted by atomic mass is 16.4. The summed E-state index contributed by atoms with van der Waals surface area (Å²) >= 11 is 0. The minimum absolute atomic E-state index is 0.211. The van der Waals surface area contributed by atoms with Gasteiger partial charge in [-0.05, 0) is 56.2 Å². The fourth-order valence-electron chi connectivity index (χ4n) is 3.33. The topological polar surface area (TPSA) is 113 Å². The summed E-state index contributed by atoms with van der Waals surface area (Å²) in [6, 6.07) is 18.1. The number of hydrogen-bond acceptors (Lipinski definition) is 4. The van der Waals surface area contributed by atoms with Crippen LogP contribution >= 0.6 is 0 Å². The van der Waals surface area contributed by atoms with Crippen molar-refractivity contribution in [3.8, 4) is 5.69 Å². The normalized spacial score (nSPS) is 10.8. The number of rotatable bonds is 7. The van der Waals surface area contributed by atoms with Crippen LogP contribution in [0.5, 0.6) is 0 Å². The predicted molar refractivity (Wildman–Crippen MR) is 121 cm³/mol. The number of carbonyl (C=O) groups excluding carboxylic acids is 2. The van der Waals surface area contributed by atoms with Crippen LogP contribution in [0.4, 0.5) is 0 Å². The number of amides is 2. The van der Waals surface area contributed by atoms with E-state index in [9.17, 15) is 14.4 Å². The Morgan fingerprint density at radius 2 is 1.69 bits per heavy atom. The standard InChI is InChI=1S/C24H24N4O4/c1-16-14-20(17(2)28(16)21-10-8-19(9-11-21)24(31)32)15-26-27-23(30)22(29)25-13-12-18-6-4-3-5-7-18/h3-11,14-15H,12-13H2,1-2H3,(H,25,29)(H,27,30)(H,31,32)/b26-15+. The fourth-order valence-corrected chi connectivity index (χ4v) is 3.33. The molecule has 8 nitrogen and oxygen atoms in total. The maximum atomic E-state index is 12.0. The molecule has 0 saturated heterocycles. The smallest absolute Gasteiger partial charge is 0.335 e. The van der Waals surface area contributed by atoms with E-state index in [2.05, 4.69) is 15.8 Å². The van der Waals surface area contributed by atoms with Crippen molar-refractivity contribution in [2.45, 2.75) is 20.3 Å². The highest BCUT2D eigenvalue weighted by molar-refractivity contribution is 6.35. The van der Waals surface area contributed by atoms with E-state index in [0.29, 0.717) is 13.0 Å². The molecule has 0 radical (unpaired) electrons. The second kappa shape index (κ2) is 10.2. The lowest BCUT2D eigenvalue weighted by atomic mass is 10.1. The van der Waals surface area contributed by atoms with Gasteiger partial charge in [-0.3, -0.25) is 9.59 Å². The summed E-state index contributed by atoms with van der Waals surface area (Å²) in [5.74, 6) is -2.57. The van der Waals surface area contributed by atoms with Crippen molar-refractivity contribution in [1.82, 2.24) is 15.3 Å². The number of carboxylic acid groups (broad SMARTS) is 1. The van der Waals surface area contributed by atoms with Crippen molar-refractivity contribution in [2.24, 2.45) is 5.10 Å². The molecule has 1 aromatic heterocycles. The zero-order valence-electron chi connectivity index (χ0n) is 17.8. The van der Waals surface area contributed by atoms with Gasteiger partial charge in [-0.25, -0.2) is 10.2 Å². The summed E-state index contributed by atoms with van der Waals surface area (Å²) in [6.07, 6.45) is 2.10. The minimum Gasteiger partial charge on any atom is -0.478 e. The van der Waals surface area contributed by atoms with Crippen LogP contribution in [0.15, 0.2) is 65.8 Å². The molecule has 3 aromatic rings. The lowest BCUT2D eigenvalue weighted by molar-refractivity contribution is -0.139. The first-order valence-electron chi connectivity index (χ1n) is 10.0. The van der Waals surface area contributed by atoms with Crippen LogP contribution in [0.2, 0.25) is 0 Å². The monoisotopic (exact) mass is 432 g/mol. The van der Waals surface area contributed by atoms with E-state index in [4.69, 9.17) is 5.11 Å². The van der Waals surface area contributed by atoms with Crippen LogP contribution in [0.1, 0.15) is 32.9 Å². The van der Waals surface area contributed by atoms with Gasteiger partial charge in [0.1, 0.15) is 0 Å². The Morgan fingerprint density at radius 1 is 1.00 bits per heavy atom. The van der Waals surface area contributed by atoms with Gasteiger partial charge in [0.25, 0.3) is 0 Å². The Labute approximate surface area is 185 Å². The quantitative estimate of drug-likeness (QED) is 0.303. The summed E-state index contributed by atoms with van der Waals surface area (Å²) in [5, 5.41) is 15.5. The Balaban J connectivity index is 1.58. The van der Waals surface area contributed by atoms with Gasteiger partial charge >= 0.3 is 17.8 Å². The van der Waals surface area contributed by atoms with Crippen molar-refractivity contribution in [1.29, 1.82) is 0 Å². The van der Waals surface area contributed by atoms with Gasteiger partial charge in [-0.15, -0.1) is 0 Å². The SMILES string of the molecule is Cc1cc(/C=N/NC(=O)C(=O)NCCc2ccccc2)c(C)n1-c1ccc(C(=O)O)cc1. The molecule has 0 aliphatic rings. The van der Waals surface area contributed by atoms with Gasteiger partial charge in [0.15, 0.2) is 0 Å². The van der Waals surface area contributed by atoms with Crippen molar-refractivity contribution >= 4 is 24.0 Å². The van der Waals surface area contributed by atoms with E-state index in [0.717, 1.165) is 28.2 Å². The molecular weight excluding hydrogens is 408 g/mol. The molecule has 0 unspecified atom stereocenters. The number of nitrogens with one attached hydrogen (secondary N) is 2. The molecule has 0 spiro atoms. The number of hydrazone groups is 1. The molecule has 8 heteroatoms. The van der Waals surface area contributed by atoms with Crippen molar-refractivity contribution in [3.05, 3.63) is 88.7 Å². The molecule has 3 rings (SSSR count). The molecule has 0 bridgehead atoms. The molecule has 0 aliphatic carbocycles. The molecule has 164 valence electrons. The first-order chi connectivity index (χ1) is 15.4. The van der Waals surface area contributed by atoms with Gasteiger partial charge in [0.2, 0.25) is 0 Å². The first kappa shape index (κ1) is 22.5. The summed E-state index contributed by atoms with van der Waals surface area (Å²) < 4.78 is 1.95. The average molecular weight is 432 g/mol. The number of carbonyl (C=O) groups is 3. The van der Waals surface area contributed by atoms with Gasteiger partial charge < -0.3 is 15.0 Å². The molecule has 0 saturated carbocycles. The highest BCUT2D eigenvalue weighted by Gasteiger charge is 2.13. The number of carboxylic acids is 1. The Hall–Kier alpha value is -4.20. The van der Waals surface area contributed by atoms with E-state index in [1.54, 1.807) is 24.3 Å². The van der Waals surface area contributed by atoms with Gasteiger partial charge in [-0.2, -0.15) is 5.10 Å². The van der Waals surface area contributed by atoms with E-state index >= 15 is 0 Å². The molecule has 3 N–H and O–H groups in total. The molecule has 0 atom stereocenters. The van der Waals surface area contributed by atoms with Crippen molar-refractivity contribution < 1.29 is 19.5 Å². The number of aromatic nitrogens is 1. The maximum Gasteiger partial charge on any atom is 0.335 e. The number of nitrogens with zero attached hydrogens (tertiary/aromatic N) is 2. The molecule has 0 aliphatic heterocycles. The van der Waals surface area contributed by atoms with E-state index in [-0.39, 0.29) is 5.56 Å². The lowest BCUT2D eigenvalue weighted by Crippen LogP contribution is -2.38. The Kier molecular flexibility index (Phi) is 7.17. The van der Waals surface area contributed by atoms with E-state index in [1.165, 1.54) is 6.21 Å². The minimum atomic E-state index is -0.981. The third-order valence-electron chi connectivity index (χ3n) is 4.96. The van der Waals surface area contributed by atoms with Crippen LogP contribution in [0, 0.1) is 13.8 Å². The van der Waals surface area contributed by atoms with Crippen molar-refractivity contribution in [3.63, 3.8) is 0 Å². The average Bonchev–Trinajstić information content (AvgIpc) is 3.07. The Bertz CT molecular complexity index is 1150.